The lowest BCUT2D eigenvalue weighted by molar-refractivity contribution is 0.391. The van der Waals surface area contributed by atoms with E-state index >= 15 is 0 Å². The minimum atomic E-state index is -3.54. The summed E-state index contributed by atoms with van der Waals surface area (Å²) in [5, 5.41) is 4.35. The van der Waals surface area contributed by atoms with E-state index in [1.54, 1.807) is 42.5 Å². The van der Waals surface area contributed by atoms with E-state index in [0.29, 0.717) is 17.0 Å². The van der Waals surface area contributed by atoms with Crippen LogP contribution in [0, 0.1) is 0 Å². The number of furan rings is 1. The third-order valence-electron chi connectivity index (χ3n) is 4.63. The second-order valence-electron chi connectivity index (χ2n) is 6.86. The van der Waals surface area contributed by atoms with Crippen LogP contribution in [0.5, 0.6) is 0 Å². The highest BCUT2D eigenvalue weighted by Gasteiger charge is 2.33. The molecule has 1 aliphatic rings. The SMILES string of the molecule is CC1(C)CNCc2oc3cc(S(=O)(=O)c4ccccc4)ccc3c21. The standard InChI is InChI=1S/C19H19NO3S/c1-19(2)12-20-11-17-18(19)15-9-8-14(10-16(15)23-17)24(21,22)13-6-4-3-5-7-13/h3-10,20H,11-12H2,1-2H3. The van der Waals surface area contributed by atoms with Crippen molar-refractivity contribution in [3.63, 3.8) is 0 Å². The van der Waals surface area contributed by atoms with Crippen molar-refractivity contribution in [1.82, 2.24) is 5.32 Å². The van der Waals surface area contributed by atoms with Gasteiger partial charge in [0.05, 0.1) is 16.3 Å². The quantitative estimate of drug-likeness (QED) is 0.773. The molecule has 0 saturated carbocycles. The summed E-state index contributed by atoms with van der Waals surface area (Å²) in [6, 6.07) is 13.7. The summed E-state index contributed by atoms with van der Waals surface area (Å²) in [6.07, 6.45) is 0. The van der Waals surface area contributed by atoms with Crippen LogP contribution in [0.4, 0.5) is 0 Å². The molecule has 0 amide bonds. The molecule has 2 heterocycles. The second kappa shape index (κ2) is 5.19. The minimum Gasteiger partial charge on any atom is -0.459 e. The highest BCUT2D eigenvalue weighted by molar-refractivity contribution is 7.91. The molecule has 2 aromatic carbocycles. The predicted molar refractivity (Wildman–Crippen MR) is 92.8 cm³/mol. The van der Waals surface area contributed by atoms with Crippen molar-refractivity contribution in [2.75, 3.05) is 6.54 Å². The van der Waals surface area contributed by atoms with Gasteiger partial charge in [-0.05, 0) is 24.3 Å². The fourth-order valence-electron chi connectivity index (χ4n) is 3.47. The maximum Gasteiger partial charge on any atom is 0.206 e. The molecule has 0 bridgehead atoms. The maximum atomic E-state index is 12.8. The summed E-state index contributed by atoms with van der Waals surface area (Å²) in [5.41, 5.74) is 1.77. The fourth-order valence-corrected chi connectivity index (χ4v) is 4.77. The lowest BCUT2D eigenvalue weighted by Crippen LogP contribution is -2.37. The molecule has 0 spiro atoms. The Morgan fingerprint density at radius 3 is 2.54 bits per heavy atom. The van der Waals surface area contributed by atoms with Gasteiger partial charge < -0.3 is 9.73 Å². The maximum absolute atomic E-state index is 12.8. The number of benzene rings is 2. The number of sulfone groups is 1. The molecule has 4 nitrogen and oxygen atoms in total. The minimum absolute atomic E-state index is 0.0430. The molecule has 1 aliphatic heterocycles. The molecule has 3 aromatic rings. The van der Waals surface area contributed by atoms with Crippen LogP contribution in [0.3, 0.4) is 0 Å². The number of nitrogens with one attached hydrogen (secondary N) is 1. The Morgan fingerprint density at radius 1 is 1.04 bits per heavy atom. The first kappa shape index (κ1) is 15.4. The molecule has 124 valence electrons. The molecule has 0 radical (unpaired) electrons. The average Bonchev–Trinajstić information content (AvgIpc) is 2.94. The molecule has 24 heavy (non-hydrogen) atoms. The van der Waals surface area contributed by atoms with Gasteiger partial charge in [-0.3, -0.25) is 0 Å². The summed E-state index contributed by atoms with van der Waals surface area (Å²) in [6.45, 7) is 5.88. The summed E-state index contributed by atoms with van der Waals surface area (Å²) in [4.78, 5) is 0.556. The van der Waals surface area contributed by atoms with E-state index in [1.165, 1.54) is 5.56 Å². The van der Waals surface area contributed by atoms with Crippen molar-refractivity contribution < 1.29 is 12.8 Å². The number of rotatable bonds is 2. The molecule has 0 saturated heterocycles. The van der Waals surface area contributed by atoms with Gasteiger partial charge in [0, 0.05) is 29.0 Å². The zero-order valence-electron chi connectivity index (χ0n) is 13.7. The van der Waals surface area contributed by atoms with Crippen molar-refractivity contribution >= 4 is 20.8 Å². The molecule has 1 aromatic heterocycles. The van der Waals surface area contributed by atoms with E-state index in [2.05, 4.69) is 19.2 Å². The van der Waals surface area contributed by atoms with Crippen molar-refractivity contribution in [3.8, 4) is 0 Å². The van der Waals surface area contributed by atoms with E-state index in [4.69, 9.17) is 4.42 Å². The van der Waals surface area contributed by atoms with E-state index in [-0.39, 0.29) is 10.3 Å². The van der Waals surface area contributed by atoms with Crippen LogP contribution in [-0.4, -0.2) is 15.0 Å². The Kier molecular flexibility index (Phi) is 3.34. The molecule has 0 atom stereocenters. The van der Waals surface area contributed by atoms with Gasteiger partial charge in [0.15, 0.2) is 0 Å². The van der Waals surface area contributed by atoms with Crippen molar-refractivity contribution in [1.29, 1.82) is 0 Å². The van der Waals surface area contributed by atoms with Crippen molar-refractivity contribution in [3.05, 3.63) is 59.9 Å². The normalized spacial score (nSPS) is 16.9. The van der Waals surface area contributed by atoms with E-state index in [9.17, 15) is 8.42 Å². The summed E-state index contributed by atoms with van der Waals surface area (Å²) >= 11 is 0. The molecule has 5 heteroatoms. The van der Waals surface area contributed by atoms with Crippen LogP contribution in [0.2, 0.25) is 0 Å². The first-order chi connectivity index (χ1) is 11.4. The lowest BCUT2D eigenvalue weighted by Gasteiger charge is -2.29. The van der Waals surface area contributed by atoms with Crippen LogP contribution in [0.15, 0.2) is 62.7 Å². The summed E-state index contributed by atoms with van der Waals surface area (Å²) in [5.74, 6) is 0.899. The molecule has 1 N–H and O–H groups in total. The summed E-state index contributed by atoms with van der Waals surface area (Å²) in [7, 11) is -3.54. The van der Waals surface area contributed by atoms with Crippen LogP contribution < -0.4 is 5.32 Å². The average molecular weight is 341 g/mol. The van der Waals surface area contributed by atoms with Gasteiger partial charge in [-0.25, -0.2) is 8.42 Å². The Morgan fingerprint density at radius 2 is 1.79 bits per heavy atom. The van der Waals surface area contributed by atoms with Gasteiger partial charge in [0.1, 0.15) is 11.3 Å². The Balaban J connectivity index is 1.89. The van der Waals surface area contributed by atoms with Gasteiger partial charge in [-0.1, -0.05) is 32.0 Å². The molecule has 4 rings (SSSR count). The van der Waals surface area contributed by atoms with Gasteiger partial charge >= 0.3 is 0 Å². The van der Waals surface area contributed by atoms with E-state index in [0.717, 1.165) is 17.7 Å². The van der Waals surface area contributed by atoms with Crippen molar-refractivity contribution in [2.45, 2.75) is 35.6 Å². The predicted octanol–water partition coefficient (Wildman–Crippen LogP) is 3.65. The van der Waals surface area contributed by atoms with Gasteiger partial charge in [-0.2, -0.15) is 0 Å². The van der Waals surface area contributed by atoms with Crippen LogP contribution in [-0.2, 0) is 21.8 Å². The van der Waals surface area contributed by atoms with Crippen molar-refractivity contribution in [2.24, 2.45) is 0 Å². The molecule has 0 aliphatic carbocycles. The van der Waals surface area contributed by atoms with Gasteiger partial charge in [0.25, 0.3) is 0 Å². The zero-order chi connectivity index (χ0) is 16.9. The smallest absolute Gasteiger partial charge is 0.206 e. The Labute approximate surface area is 141 Å². The summed E-state index contributed by atoms with van der Waals surface area (Å²) < 4.78 is 31.6. The second-order valence-corrected chi connectivity index (χ2v) is 8.81. The highest BCUT2D eigenvalue weighted by Crippen LogP contribution is 2.39. The third-order valence-corrected chi connectivity index (χ3v) is 6.39. The molecular formula is C19H19NO3S. The number of fused-ring (bicyclic) bond motifs is 3. The fraction of sp³-hybridized carbons (Fsp3) is 0.263. The van der Waals surface area contributed by atoms with Gasteiger partial charge in [0.2, 0.25) is 9.84 Å². The van der Waals surface area contributed by atoms with E-state index in [1.807, 2.05) is 6.07 Å². The number of hydrogen-bond acceptors (Lipinski definition) is 4. The lowest BCUT2D eigenvalue weighted by atomic mass is 9.80. The largest absolute Gasteiger partial charge is 0.459 e. The Hall–Kier alpha value is -2.11. The Bertz CT molecular complexity index is 1020. The molecular weight excluding hydrogens is 322 g/mol. The third kappa shape index (κ3) is 2.27. The monoisotopic (exact) mass is 341 g/mol. The van der Waals surface area contributed by atoms with Crippen LogP contribution in [0.1, 0.15) is 25.2 Å². The number of hydrogen-bond donors (Lipinski definition) is 1. The van der Waals surface area contributed by atoms with E-state index < -0.39 is 9.84 Å². The van der Waals surface area contributed by atoms with Gasteiger partial charge in [-0.15, -0.1) is 0 Å². The molecule has 0 fully saturated rings. The topological polar surface area (TPSA) is 59.3 Å². The molecule has 0 unspecified atom stereocenters. The zero-order valence-corrected chi connectivity index (χ0v) is 14.5. The van der Waals surface area contributed by atoms with Crippen LogP contribution >= 0.6 is 0 Å². The first-order valence-electron chi connectivity index (χ1n) is 7.96. The van der Waals surface area contributed by atoms with Crippen LogP contribution in [0.25, 0.3) is 11.0 Å². The first-order valence-corrected chi connectivity index (χ1v) is 9.45. The highest BCUT2D eigenvalue weighted by atomic mass is 32.2.